The van der Waals surface area contributed by atoms with Crippen LogP contribution in [0, 0.1) is 58.2 Å². The molecule has 4 aliphatic carbocycles. The molecular formula is C30H38F5NO4Si. The number of esters is 1. The standard InChI is InChI=1S/C30H38F5NO4Si/c1-30-12-11-19-18-8-6-17(13-16(18)5-7-20(19)22(30)9-10-23(30)40-41(2,3)4)36-39-15-24(37)38-14-21-25(31)27(33)29(35)28(34)26(21)32/h13,18-20,22-23H,5-12,14-15H2,1-4H3/b36-17+/t18-,19+,20+,22-,23-,30-/m0/s1. The van der Waals surface area contributed by atoms with E-state index in [-0.39, 0.29) is 5.41 Å². The van der Waals surface area contributed by atoms with Crippen LogP contribution in [0.3, 0.4) is 0 Å². The number of fused-ring (bicyclic) bond motifs is 5. The van der Waals surface area contributed by atoms with Gasteiger partial charge in [0.15, 0.2) is 31.6 Å². The van der Waals surface area contributed by atoms with E-state index in [9.17, 15) is 26.7 Å². The largest absolute Gasteiger partial charge is 0.458 e. The van der Waals surface area contributed by atoms with E-state index >= 15 is 0 Å². The molecule has 11 heteroatoms. The number of benzene rings is 1. The molecule has 0 N–H and O–H groups in total. The molecule has 0 amide bonds. The van der Waals surface area contributed by atoms with Gasteiger partial charge in [-0.25, -0.2) is 26.7 Å². The number of hydrogen-bond donors (Lipinski definition) is 0. The van der Waals surface area contributed by atoms with Crippen LogP contribution in [-0.2, 0) is 25.4 Å². The van der Waals surface area contributed by atoms with Gasteiger partial charge in [0.25, 0.3) is 0 Å². The molecule has 3 saturated carbocycles. The Labute approximate surface area is 238 Å². The first-order valence-electron chi connectivity index (χ1n) is 14.5. The summed E-state index contributed by atoms with van der Waals surface area (Å²) < 4.78 is 78.7. The number of oxime groups is 1. The number of nitrogens with zero attached hydrogens (tertiary/aromatic N) is 1. The van der Waals surface area contributed by atoms with Crippen molar-refractivity contribution in [3.05, 3.63) is 46.3 Å². The van der Waals surface area contributed by atoms with Crippen molar-refractivity contribution in [1.29, 1.82) is 0 Å². The SMILES string of the molecule is C[C@]12CC[C@H]3[C@@H](CCC4=C/C(=N/OCC(=O)OCc5c(F)c(F)c(F)c(F)c5F)CC[C@@H]43)[C@@H]1CC[C@@H]2O[Si](C)(C)C. The van der Waals surface area contributed by atoms with Gasteiger partial charge in [0.05, 0.1) is 17.4 Å². The maximum absolute atomic E-state index is 13.8. The molecule has 0 heterocycles. The predicted molar refractivity (Wildman–Crippen MR) is 145 cm³/mol. The lowest BCUT2D eigenvalue weighted by molar-refractivity contribution is -0.150. The van der Waals surface area contributed by atoms with Crippen molar-refractivity contribution in [3.8, 4) is 0 Å². The van der Waals surface area contributed by atoms with Gasteiger partial charge in [-0.15, -0.1) is 0 Å². The van der Waals surface area contributed by atoms with E-state index in [4.69, 9.17) is 9.26 Å². The zero-order chi connectivity index (χ0) is 29.7. The Hall–Kier alpha value is -2.27. The highest BCUT2D eigenvalue weighted by atomic mass is 28.4. The van der Waals surface area contributed by atoms with Crippen molar-refractivity contribution < 1.29 is 40.7 Å². The summed E-state index contributed by atoms with van der Waals surface area (Å²) in [5.74, 6) is -8.97. The van der Waals surface area contributed by atoms with Gasteiger partial charge < -0.3 is 14.0 Å². The summed E-state index contributed by atoms with van der Waals surface area (Å²) in [6.07, 6.45) is 11.1. The number of carbonyl (C=O) groups excluding carboxylic acids is 1. The lowest BCUT2D eigenvalue weighted by Crippen LogP contribution is -2.49. The Morgan fingerprint density at radius 3 is 2.29 bits per heavy atom. The first-order valence-corrected chi connectivity index (χ1v) is 17.9. The number of hydrogen-bond acceptors (Lipinski definition) is 5. The molecule has 5 nitrogen and oxygen atoms in total. The quantitative estimate of drug-likeness (QED) is 0.0809. The van der Waals surface area contributed by atoms with Gasteiger partial charge in [0.2, 0.25) is 12.4 Å². The average molecular weight is 600 g/mol. The molecule has 0 radical (unpaired) electrons. The third-order valence-corrected chi connectivity index (χ3v) is 10.8. The Balaban J connectivity index is 1.15. The van der Waals surface area contributed by atoms with Gasteiger partial charge in [0, 0.05) is 0 Å². The monoisotopic (exact) mass is 599 g/mol. The number of carbonyl (C=O) groups is 1. The third kappa shape index (κ3) is 5.85. The first-order chi connectivity index (χ1) is 19.3. The molecule has 1 aromatic rings. The fourth-order valence-electron chi connectivity index (χ4n) is 7.98. The van der Waals surface area contributed by atoms with Gasteiger partial charge >= 0.3 is 5.97 Å². The minimum Gasteiger partial charge on any atom is -0.458 e. The Bertz CT molecular complexity index is 1240. The second-order valence-corrected chi connectivity index (χ2v) is 17.7. The molecule has 3 fully saturated rings. The van der Waals surface area contributed by atoms with Crippen molar-refractivity contribution in [1.82, 2.24) is 0 Å². The van der Waals surface area contributed by atoms with Crippen LogP contribution in [-0.4, -0.2) is 32.7 Å². The van der Waals surface area contributed by atoms with Gasteiger partial charge in [-0.3, -0.25) is 0 Å². The summed E-state index contributed by atoms with van der Waals surface area (Å²) in [5.41, 5.74) is 1.14. The summed E-state index contributed by atoms with van der Waals surface area (Å²) in [6.45, 7) is 7.53. The lowest BCUT2D eigenvalue weighted by atomic mass is 9.52. The number of ether oxygens (including phenoxy) is 1. The molecule has 0 spiro atoms. The van der Waals surface area contributed by atoms with E-state index < -0.39 is 62.2 Å². The molecule has 4 aliphatic rings. The molecule has 5 rings (SSSR count). The van der Waals surface area contributed by atoms with Gasteiger partial charge in [-0.1, -0.05) is 17.7 Å². The summed E-state index contributed by atoms with van der Waals surface area (Å²) in [5, 5.41) is 4.07. The zero-order valence-corrected chi connectivity index (χ0v) is 25.0. The molecule has 0 aromatic heterocycles. The lowest BCUT2D eigenvalue weighted by Gasteiger charge is -2.54. The van der Waals surface area contributed by atoms with Crippen LogP contribution in [0.15, 0.2) is 16.8 Å². The normalized spacial score (nSPS) is 32.2. The highest BCUT2D eigenvalue weighted by Crippen LogP contribution is 2.62. The molecule has 1 aromatic carbocycles. The van der Waals surface area contributed by atoms with Gasteiger partial charge in [0.1, 0.15) is 6.61 Å². The third-order valence-electron chi connectivity index (χ3n) is 9.77. The fraction of sp³-hybridized carbons (Fsp3) is 0.667. The number of allylic oxidation sites excluding steroid dienone is 2. The van der Waals surface area contributed by atoms with E-state index in [2.05, 4.69) is 42.5 Å². The second-order valence-electron chi connectivity index (χ2n) is 13.2. The number of rotatable bonds is 7. The van der Waals surface area contributed by atoms with E-state index in [0.29, 0.717) is 41.9 Å². The Kier molecular flexibility index (Phi) is 8.42. The van der Waals surface area contributed by atoms with Gasteiger partial charge in [-0.05, 0) is 106 Å². The predicted octanol–water partition coefficient (Wildman–Crippen LogP) is 7.59. The van der Waals surface area contributed by atoms with Crippen molar-refractivity contribution in [2.45, 2.75) is 90.6 Å². The van der Waals surface area contributed by atoms with Crippen molar-refractivity contribution >= 4 is 20.0 Å². The van der Waals surface area contributed by atoms with Crippen LogP contribution in [0.4, 0.5) is 22.0 Å². The topological polar surface area (TPSA) is 57.1 Å². The van der Waals surface area contributed by atoms with Crippen molar-refractivity contribution in [2.75, 3.05) is 6.61 Å². The molecule has 41 heavy (non-hydrogen) atoms. The van der Waals surface area contributed by atoms with Crippen molar-refractivity contribution in [2.24, 2.45) is 34.2 Å². The smallest absolute Gasteiger partial charge is 0.347 e. The molecule has 0 unspecified atom stereocenters. The maximum Gasteiger partial charge on any atom is 0.347 e. The minimum atomic E-state index is -2.27. The maximum atomic E-state index is 13.8. The van der Waals surface area contributed by atoms with E-state index in [0.717, 1.165) is 19.3 Å². The average Bonchev–Trinajstić information content (AvgIpc) is 3.25. The van der Waals surface area contributed by atoms with Crippen molar-refractivity contribution in [3.63, 3.8) is 0 Å². The van der Waals surface area contributed by atoms with Gasteiger partial charge in [-0.2, -0.15) is 0 Å². The van der Waals surface area contributed by atoms with E-state index in [1.807, 2.05) is 0 Å². The summed E-state index contributed by atoms with van der Waals surface area (Å²) in [7, 11) is -1.61. The Morgan fingerprint density at radius 1 is 0.927 bits per heavy atom. The summed E-state index contributed by atoms with van der Waals surface area (Å²) >= 11 is 0. The van der Waals surface area contributed by atoms with Crippen LogP contribution in [0.1, 0.15) is 63.9 Å². The van der Waals surface area contributed by atoms with Crippen LogP contribution in [0.25, 0.3) is 0 Å². The molecule has 0 aliphatic heterocycles. The van der Waals surface area contributed by atoms with Crippen LogP contribution in [0.5, 0.6) is 0 Å². The first kappa shape index (κ1) is 30.2. The molecule has 0 saturated heterocycles. The molecule has 226 valence electrons. The summed E-state index contributed by atoms with van der Waals surface area (Å²) in [4.78, 5) is 17.1. The van der Waals surface area contributed by atoms with Crippen LogP contribution >= 0.6 is 0 Å². The molecular weight excluding hydrogens is 561 g/mol. The summed E-state index contributed by atoms with van der Waals surface area (Å²) in [6, 6.07) is 0. The Morgan fingerprint density at radius 2 is 1.61 bits per heavy atom. The highest BCUT2D eigenvalue weighted by molar-refractivity contribution is 6.69. The fourth-order valence-corrected chi connectivity index (χ4v) is 9.22. The highest BCUT2D eigenvalue weighted by Gasteiger charge is 2.57. The van der Waals surface area contributed by atoms with E-state index in [1.54, 1.807) is 0 Å². The van der Waals surface area contributed by atoms with Crippen LogP contribution in [0.2, 0.25) is 19.6 Å². The molecule has 0 bridgehead atoms. The second kappa shape index (κ2) is 11.4. The van der Waals surface area contributed by atoms with Crippen LogP contribution < -0.4 is 0 Å². The number of halogens is 5. The molecule has 6 atom stereocenters. The zero-order valence-electron chi connectivity index (χ0n) is 24.0. The minimum absolute atomic E-state index is 0.267. The van der Waals surface area contributed by atoms with E-state index in [1.165, 1.54) is 31.3 Å².